The summed E-state index contributed by atoms with van der Waals surface area (Å²) >= 11 is 3.47. The van der Waals surface area contributed by atoms with Gasteiger partial charge in [-0.15, -0.1) is 0 Å². The number of rotatable bonds is 4. The molecule has 0 bridgehead atoms. The molecule has 0 aromatic heterocycles. The quantitative estimate of drug-likeness (QED) is 0.820. The number of amides is 2. The van der Waals surface area contributed by atoms with Crippen LogP contribution in [0.4, 0.5) is 4.79 Å². The Balaban J connectivity index is 1.78. The summed E-state index contributed by atoms with van der Waals surface area (Å²) in [5.74, 6) is 0.0235. The Kier molecular flexibility index (Phi) is 6.49. The molecule has 6 heteroatoms. The molecule has 25 heavy (non-hydrogen) atoms. The van der Waals surface area contributed by atoms with Crippen LogP contribution in [0.2, 0.25) is 0 Å². The molecule has 1 aromatic carbocycles. The fraction of sp³-hybridized carbons (Fsp3) is 0.579. The third kappa shape index (κ3) is 6.34. The van der Waals surface area contributed by atoms with Gasteiger partial charge in [0.05, 0.1) is 0 Å². The first-order chi connectivity index (χ1) is 11.6. The molecule has 0 saturated carbocycles. The molecule has 1 saturated heterocycles. The zero-order valence-corrected chi connectivity index (χ0v) is 17.0. The van der Waals surface area contributed by atoms with E-state index in [0.29, 0.717) is 25.9 Å². The number of ether oxygens (including phenoxy) is 1. The molecule has 5 nitrogen and oxygen atoms in total. The number of aryl methyl sites for hydroxylation is 2. The van der Waals surface area contributed by atoms with Gasteiger partial charge in [0, 0.05) is 30.0 Å². The van der Waals surface area contributed by atoms with Crippen molar-refractivity contribution in [2.24, 2.45) is 0 Å². The van der Waals surface area contributed by atoms with Gasteiger partial charge in [-0.1, -0.05) is 22.0 Å². The lowest BCUT2D eigenvalue weighted by atomic mass is 10.0. The van der Waals surface area contributed by atoms with Crippen LogP contribution < -0.4 is 5.32 Å². The summed E-state index contributed by atoms with van der Waals surface area (Å²) in [7, 11) is 0. The highest BCUT2D eigenvalue weighted by atomic mass is 79.9. The molecule has 1 aliphatic rings. The van der Waals surface area contributed by atoms with Crippen LogP contribution in [0, 0.1) is 6.92 Å². The van der Waals surface area contributed by atoms with Crippen LogP contribution in [0.5, 0.6) is 0 Å². The van der Waals surface area contributed by atoms with E-state index < -0.39 is 5.60 Å². The largest absolute Gasteiger partial charge is 0.444 e. The summed E-state index contributed by atoms with van der Waals surface area (Å²) in [6.45, 7) is 8.73. The Bertz CT molecular complexity index is 640. The summed E-state index contributed by atoms with van der Waals surface area (Å²) in [6, 6.07) is 6.11. The Morgan fingerprint density at radius 3 is 2.76 bits per heavy atom. The minimum Gasteiger partial charge on any atom is -0.444 e. The highest BCUT2D eigenvalue weighted by molar-refractivity contribution is 9.10. The van der Waals surface area contributed by atoms with Crippen molar-refractivity contribution in [2.45, 2.75) is 58.6 Å². The van der Waals surface area contributed by atoms with Crippen LogP contribution in [0.3, 0.4) is 0 Å². The van der Waals surface area contributed by atoms with Crippen LogP contribution in [0.15, 0.2) is 22.7 Å². The van der Waals surface area contributed by atoms with Crippen LogP contribution in [0.1, 0.15) is 44.7 Å². The Morgan fingerprint density at radius 2 is 2.08 bits per heavy atom. The molecule has 1 aliphatic heterocycles. The Morgan fingerprint density at radius 1 is 1.36 bits per heavy atom. The van der Waals surface area contributed by atoms with Gasteiger partial charge in [0.2, 0.25) is 5.91 Å². The number of benzene rings is 1. The number of likely N-dealkylation sites (tertiary alicyclic amines) is 1. The number of nitrogens with zero attached hydrogens (tertiary/aromatic N) is 1. The van der Waals surface area contributed by atoms with Gasteiger partial charge in [0.15, 0.2) is 0 Å². The fourth-order valence-electron chi connectivity index (χ4n) is 2.83. The average Bonchev–Trinajstić information content (AvgIpc) is 2.95. The minimum absolute atomic E-state index is 0.00336. The lowest BCUT2D eigenvalue weighted by Crippen LogP contribution is -2.40. The van der Waals surface area contributed by atoms with Crippen molar-refractivity contribution in [1.29, 1.82) is 0 Å². The van der Waals surface area contributed by atoms with E-state index in [0.717, 1.165) is 10.9 Å². The molecule has 0 spiro atoms. The van der Waals surface area contributed by atoms with Gasteiger partial charge in [-0.25, -0.2) is 4.79 Å². The van der Waals surface area contributed by atoms with Crippen molar-refractivity contribution in [3.8, 4) is 0 Å². The van der Waals surface area contributed by atoms with Crippen molar-refractivity contribution in [3.63, 3.8) is 0 Å². The zero-order valence-electron chi connectivity index (χ0n) is 15.4. The molecular weight excluding hydrogens is 384 g/mol. The predicted octanol–water partition coefficient (Wildman–Crippen LogP) is 3.82. The molecular formula is C19H27BrN2O3. The molecule has 0 radical (unpaired) electrons. The number of halogens is 1. The molecule has 0 aliphatic carbocycles. The SMILES string of the molecule is Cc1ccc(Br)cc1CCC(=O)NC1CCN(C(=O)OC(C)(C)C)C1. The molecule has 1 atom stereocenters. The van der Waals surface area contributed by atoms with Gasteiger partial charge in [-0.2, -0.15) is 0 Å². The van der Waals surface area contributed by atoms with Crippen LogP contribution >= 0.6 is 15.9 Å². The van der Waals surface area contributed by atoms with E-state index in [-0.39, 0.29) is 18.0 Å². The summed E-state index contributed by atoms with van der Waals surface area (Å²) in [6.07, 6.45) is 1.61. The van der Waals surface area contributed by atoms with E-state index in [1.807, 2.05) is 32.9 Å². The molecule has 1 fully saturated rings. The van der Waals surface area contributed by atoms with E-state index in [2.05, 4.69) is 34.2 Å². The molecule has 1 heterocycles. The molecule has 1 N–H and O–H groups in total. The number of carbonyl (C=O) groups is 2. The van der Waals surface area contributed by atoms with E-state index in [4.69, 9.17) is 4.74 Å². The second-order valence-corrected chi connectivity index (χ2v) is 8.47. The number of hydrogen-bond donors (Lipinski definition) is 1. The molecule has 2 rings (SSSR count). The summed E-state index contributed by atoms with van der Waals surface area (Å²) < 4.78 is 6.40. The maximum Gasteiger partial charge on any atom is 0.410 e. The highest BCUT2D eigenvalue weighted by Gasteiger charge is 2.30. The summed E-state index contributed by atoms with van der Waals surface area (Å²) in [5, 5.41) is 3.03. The van der Waals surface area contributed by atoms with E-state index in [1.165, 1.54) is 11.1 Å². The van der Waals surface area contributed by atoms with E-state index in [1.54, 1.807) is 4.90 Å². The standard InChI is InChI=1S/C19H27BrN2O3/c1-13-5-7-15(20)11-14(13)6-8-17(23)21-16-9-10-22(12-16)18(24)25-19(2,3)4/h5,7,11,16H,6,8-10,12H2,1-4H3,(H,21,23). The normalized spacial score (nSPS) is 17.5. The van der Waals surface area contributed by atoms with Crippen molar-refractivity contribution in [2.75, 3.05) is 13.1 Å². The smallest absolute Gasteiger partial charge is 0.410 e. The third-order valence-corrected chi connectivity index (χ3v) is 4.63. The topological polar surface area (TPSA) is 58.6 Å². The maximum absolute atomic E-state index is 12.2. The van der Waals surface area contributed by atoms with Crippen molar-refractivity contribution in [3.05, 3.63) is 33.8 Å². The average molecular weight is 411 g/mol. The van der Waals surface area contributed by atoms with Crippen LogP contribution in [-0.2, 0) is 16.0 Å². The van der Waals surface area contributed by atoms with Crippen LogP contribution in [-0.4, -0.2) is 41.6 Å². The monoisotopic (exact) mass is 410 g/mol. The number of hydrogen-bond acceptors (Lipinski definition) is 3. The maximum atomic E-state index is 12.2. The zero-order chi connectivity index (χ0) is 18.6. The van der Waals surface area contributed by atoms with Gasteiger partial charge in [-0.05, 0) is 63.8 Å². The Labute approximate surface area is 158 Å². The first-order valence-corrected chi connectivity index (χ1v) is 9.45. The van der Waals surface area contributed by atoms with Gasteiger partial charge in [0.25, 0.3) is 0 Å². The third-order valence-electron chi connectivity index (χ3n) is 4.14. The van der Waals surface area contributed by atoms with E-state index >= 15 is 0 Å². The van der Waals surface area contributed by atoms with Crippen molar-refractivity contribution >= 4 is 27.9 Å². The lowest BCUT2D eigenvalue weighted by molar-refractivity contribution is -0.121. The Hall–Kier alpha value is -1.56. The molecule has 2 amide bonds. The van der Waals surface area contributed by atoms with E-state index in [9.17, 15) is 9.59 Å². The van der Waals surface area contributed by atoms with Gasteiger partial charge < -0.3 is 15.0 Å². The molecule has 1 unspecified atom stereocenters. The molecule has 138 valence electrons. The first-order valence-electron chi connectivity index (χ1n) is 8.66. The fourth-order valence-corrected chi connectivity index (χ4v) is 3.24. The van der Waals surface area contributed by atoms with Crippen molar-refractivity contribution in [1.82, 2.24) is 10.2 Å². The second-order valence-electron chi connectivity index (χ2n) is 7.55. The van der Waals surface area contributed by atoms with Gasteiger partial charge in [0.1, 0.15) is 5.60 Å². The lowest BCUT2D eigenvalue weighted by Gasteiger charge is -2.24. The predicted molar refractivity (Wildman–Crippen MR) is 102 cm³/mol. The summed E-state index contributed by atoms with van der Waals surface area (Å²) in [4.78, 5) is 25.9. The number of nitrogens with one attached hydrogen (secondary N) is 1. The number of carbonyl (C=O) groups excluding carboxylic acids is 2. The summed E-state index contributed by atoms with van der Waals surface area (Å²) in [5.41, 5.74) is 1.86. The van der Waals surface area contributed by atoms with Crippen LogP contribution in [0.25, 0.3) is 0 Å². The van der Waals surface area contributed by atoms with Crippen molar-refractivity contribution < 1.29 is 14.3 Å². The minimum atomic E-state index is -0.500. The van der Waals surface area contributed by atoms with Gasteiger partial charge >= 0.3 is 6.09 Å². The highest BCUT2D eigenvalue weighted by Crippen LogP contribution is 2.18. The second kappa shape index (κ2) is 8.21. The van der Waals surface area contributed by atoms with Gasteiger partial charge in [-0.3, -0.25) is 4.79 Å². The molecule has 1 aromatic rings. The first kappa shape index (κ1) is 19.8.